The first-order valence-electron chi connectivity index (χ1n) is 8.02. The highest BCUT2D eigenvalue weighted by atomic mass is 35.5. The predicted molar refractivity (Wildman–Crippen MR) is 105 cm³/mol. The van der Waals surface area contributed by atoms with Gasteiger partial charge in [0.25, 0.3) is 0 Å². The van der Waals surface area contributed by atoms with E-state index in [-0.39, 0.29) is 16.2 Å². The molecule has 0 atom stereocenters. The fourth-order valence-corrected chi connectivity index (χ4v) is 2.94. The van der Waals surface area contributed by atoms with Gasteiger partial charge in [0.15, 0.2) is 17.3 Å². The molecule has 27 heavy (non-hydrogen) atoms. The minimum atomic E-state index is -0.422. The number of rotatable bonds is 6. The summed E-state index contributed by atoms with van der Waals surface area (Å²) in [5, 5.41) is 11.4. The molecule has 0 saturated carbocycles. The lowest BCUT2D eigenvalue weighted by molar-refractivity contribution is 0.311. The summed E-state index contributed by atoms with van der Waals surface area (Å²) in [6.45, 7) is 2.32. The minimum Gasteiger partial charge on any atom is -0.491 e. The van der Waals surface area contributed by atoms with Gasteiger partial charge in [-0.3, -0.25) is 0 Å². The van der Waals surface area contributed by atoms with E-state index in [1.165, 1.54) is 24.1 Å². The van der Waals surface area contributed by atoms with Crippen molar-refractivity contribution in [2.75, 3.05) is 13.7 Å². The van der Waals surface area contributed by atoms with Gasteiger partial charge >= 0.3 is 0 Å². The third-order valence-electron chi connectivity index (χ3n) is 3.62. The van der Waals surface area contributed by atoms with Crippen LogP contribution in [0.5, 0.6) is 11.5 Å². The van der Waals surface area contributed by atoms with Gasteiger partial charge in [-0.1, -0.05) is 23.7 Å². The van der Waals surface area contributed by atoms with Crippen LogP contribution in [0.4, 0.5) is 4.39 Å². The molecule has 0 aliphatic heterocycles. The Morgan fingerprint density at radius 1 is 1.37 bits per heavy atom. The summed E-state index contributed by atoms with van der Waals surface area (Å²) in [5.41, 5.74) is 0.941. The largest absolute Gasteiger partial charge is 0.491 e. The Morgan fingerprint density at radius 3 is 2.85 bits per heavy atom. The van der Waals surface area contributed by atoms with Crippen LogP contribution in [0, 0.1) is 10.6 Å². The maximum atomic E-state index is 14.1. The van der Waals surface area contributed by atoms with Crippen LogP contribution >= 0.6 is 23.8 Å². The molecule has 2 aromatic carbocycles. The standard InChI is InChI=1S/C18H16ClFN4O2S/c1-3-26-15-9-11(8-13(19)16(15)25-2)10-21-24-17(22-23-18(24)27)12-6-4-5-7-14(12)20/h4-10H,3H2,1-2H3,(H,23,27)/b21-10-. The van der Waals surface area contributed by atoms with Crippen LogP contribution in [0.3, 0.4) is 0 Å². The molecule has 0 radical (unpaired) electrons. The average Bonchev–Trinajstić information content (AvgIpc) is 3.01. The highest BCUT2D eigenvalue weighted by Crippen LogP contribution is 2.36. The number of H-pyrrole nitrogens is 1. The number of nitrogens with zero attached hydrogens (tertiary/aromatic N) is 3. The van der Waals surface area contributed by atoms with Gasteiger partial charge in [0.05, 0.1) is 30.5 Å². The lowest BCUT2D eigenvalue weighted by Crippen LogP contribution is -1.99. The SMILES string of the molecule is CCOc1cc(/C=N\n2c(-c3ccccc3F)n[nH]c2=S)cc(Cl)c1OC. The van der Waals surface area contributed by atoms with Crippen molar-refractivity contribution in [3.8, 4) is 22.9 Å². The van der Waals surface area contributed by atoms with Crippen molar-refractivity contribution in [2.24, 2.45) is 5.10 Å². The van der Waals surface area contributed by atoms with Gasteiger partial charge in [-0.2, -0.15) is 14.9 Å². The van der Waals surface area contributed by atoms with Crippen molar-refractivity contribution >= 4 is 30.0 Å². The minimum absolute atomic E-state index is 0.231. The van der Waals surface area contributed by atoms with Crippen LogP contribution in [0.2, 0.25) is 5.02 Å². The first-order valence-corrected chi connectivity index (χ1v) is 8.80. The van der Waals surface area contributed by atoms with Crippen molar-refractivity contribution in [3.63, 3.8) is 0 Å². The van der Waals surface area contributed by atoms with Gasteiger partial charge in [-0.05, 0) is 49.0 Å². The first-order chi connectivity index (χ1) is 13.0. The number of methoxy groups -OCH3 is 1. The Hall–Kier alpha value is -2.71. The molecule has 0 aliphatic rings. The Morgan fingerprint density at radius 2 is 2.15 bits per heavy atom. The van der Waals surface area contributed by atoms with Crippen LogP contribution in [-0.4, -0.2) is 34.8 Å². The molecule has 1 heterocycles. The van der Waals surface area contributed by atoms with E-state index >= 15 is 0 Å². The van der Waals surface area contributed by atoms with E-state index in [9.17, 15) is 4.39 Å². The highest BCUT2D eigenvalue weighted by molar-refractivity contribution is 7.71. The second kappa shape index (κ2) is 8.32. The third-order valence-corrected chi connectivity index (χ3v) is 4.17. The first kappa shape index (κ1) is 19.1. The molecular formula is C18H16ClFN4O2S. The molecule has 3 aromatic rings. The summed E-state index contributed by atoms with van der Waals surface area (Å²) in [4.78, 5) is 0. The molecule has 0 spiro atoms. The van der Waals surface area contributed by atoms with Gasteiger partial charge in [-0.15, -0.1) is 0 Å². The molecule has 1 aromatic heterocycles. The van der Waals surface area contributed by atoms with Crippen LogP contribution in [-0.2, 0) is 0 Å². The van der Waals surface area contributed by atoms with Crippen molar-refractivity contribution < 1.29 is 13.9 Å². The van der Waals surface area contributed by atoms with Crippen molar-refractivity contribution in [2.45, 2.75) is 6.92 Å². The molecule has 0 fully saturated rings. The van der Waals surface area contributed by atoms with Crippen LogP contribution in [0.25, 0.3) is 11.4 Å². The lowest BCUT2D eigenvalue weighted by Gasteiger charge is -2.11. The number of aromatic nitrogens is 3. The predicted octanol–water partition coefficient (Wildman–Crippen LogP) is 4.69. The van der Waals surface area contributed by atoms with E-state index < -0.39 is 5.82 Å². The summed E-state index contributed by atoms with van der Waals surface area (Å²) in [5.74, 6) is 0.787. The van der Waals surface area contributed by atoms with Crippen LogP contribution in [0.15, 0.2) is 41.5 Å². The maximum Gasteiger partial charge on any atom is 0.216 e. The third kappa shape index (κ3) is 4.01. The number of halogens is 2. The zero-order valence-electron chi connectivity index (χ0n) is 14.6. The summed E-state index contributed by atoms with van der Waals surface area (Å²) >= 11 is 11.5. The Labute approximate surface area is 165 Å². The summed E-state index contributed by atoms with van der Waals surface area (Å²) in [6.07, 6.45) is 1.53. The Kier molecular flexibility index (Phi) is 5.88. The van der Waals surface area contributed by atoms with Crippen LogP contribution < -0.4 is 9.47 Å². The number of hydrogen-bond acceptors (Lipinski definition) is 5. The number of benzene rings is 2. The van der Waals surface area contributed by atoms with E-state index in [4.69, 9.17) is 33.3 Å². The number of ether oxygens (including phenoxy) is 2. The molecular weight excluding hydrogens is 391 g/mol. The highest BCUT2D eigenvalue weighted by Gasteiger charge is 2.13. The van der Waals surface area contributed by atoms with Crippen molar-refractivity contribution in [3.05, 3.63) is 57.6 Å². The molecule has 3 rings (SSSR count). The molecule has 0 amide bonds. The number of hydrogen-bond donors (Lipinski definition) is 1. The average molecular weight is 407 g/mol. The summed E-state index contributed by atoms with van der Waals surface area (Å²) in [6, 6.07) is 9.68. The fraction of sp³-hybridized carbons (Fsp3) is 0.167. The lowest BCUT2D eigenvalue weighted by atomic mass is 10.2. The second-order valence-electron chi connectivity index (χ2n) is 5.36. The van der Waals surface area contributed by atoms with Crippen molar-refractivity contribution in [1.82, 2.24) is 14.9 Å². The molecule has 0 bridgehead atoms. The van der Waals surface area contributed by atoms with E-state index in [1.54, 1.807) is 30.3 Å². The quantitative estimate of drug-likeness (QED) is 0.476. The molecule has 140 valence electrons. The molecule has 9 heteroatoms. The van der Waals surface area contributed by atoms with E-state index in [0.29, 0.717) is 28.7 Å². The molecule has 6 nitrogen and oxygen atoms in total. The smallest absolute Gasteiger partial charge is 0.216 e. The Balaban J connectivity index is 2.02. The van der Waals surface area contributed by atoms with Gasteiger partial charge < -0.3 is 9.47 Å². The monoisotopic (exact) mass is 406 g/mol. The zero-order valence-corrected chi connectivity index (χ0v) is 16.1. The molecule has 0 saturated heterocycles. The molecule has 1 N–H and O–H groups in total. The molecule has 0 unspecified atom stereocenters. The van der Waals surface area contributed by atoms with Crippen molar-refractivity contribution in [1.29, 1.82) is 0 Å². The Bertz CT molecular complexity index is 1050. The van der Waals surface area contributed by atoms with Gasteiger partial charge in [-0.25, -0.2) is 9.49 Å². The second-order valence-corrected chi connectivity index (χ2v) is 6.15. The van der Waals surface area contributed by atoms with E-state index in [2.05, 4.69) is 15.3 Å². The zero-order chi connectivity index (χ0) is 19.4. The topological polar surface area (TPSA) is 64.4 Å². The van der Waals surface area contributed by atoms with Crippen LogP contribution in [0.1, 0.15) is 12.5 Å². The van der Waals surface area contributed by atoms with Gasteiger partial charge in [0.2, 0.25) is 4.77 Å². The maximum absolute atomic E-state index is 14.1. The summed E-state index contributed by atoms with van der Waals surface area (Å²) in [7, 11) is 1.52. The fourth-order valence-electron chi connectivity index (χ4n) is 2.46. The van der Waals surface area contributed by atoms with Gasteiger partial charge in [0, 0.05) is 0 Å². The molecule has 0 aliphatic carbocycles. The number of nitrogens with one attached hydrogen (secondary N) is 1. The van der Waals surface area contributed by atoms with Gasteiger partial charge in [0.1, 0.15) is 5.82 Å². The normalized spacial score (nSPS) is 11.1. The number of aromatic amines is 1. The summed E-state index contributed by atoms with van der Waals surface area (Å²) < 4.78 is 26.5. The van der Waals surface area contributed by atoms with E-state index in [1.807, 2.05) is 6.92 Å². The van der Waals surface area contributed by atoms with E-state index in [0.717, 1.165) is 0 Å².